The first kappa shape index (κ1) is 41.6. The van der Waals surface area contributed by atoms with E-state index in [-0.39, 0.29) is 91.3 Å². The molecule has 6 rings (SSSR count). The number of rotatable bonds is 8. The van der Waals surface area contributed by atoms with Gasteiger partial charge in [0, 0.05) is 27.9 Å². The van der Waals surface area contributed by atoms with Crippen LogP contribution in [0.2, 0.25) is 0 Å². The summed E-state index contributed by atoms with van der Waals surface area (Å²) < 4.78 is 51.9. The molecule has 4 aromatic carbocycles. The summed E-state index contributed by atoms with van der Waals surface area (Å²) in [6.07, 6.45) is 6.22. The second-order valence-electron chi connectivity index (χ2n) is 10.5. The van der Waals surface area contributed by atoms with Crippen molar-refractivity contribution < 1.29 is 72.3 Å². The van der Waals surface area contributed by atoms with Crippen molar-refractivity contribution in [1.82, 2.24) is 9.44 Å². The molecule has 0 aliphatic heterocycles. The summed E-state index contributed by atoms with van der Waals surface area (Å²) in [5, 5.41) is 28.0. The van der Waals surface area contributed by atoms with Crippen LogP contribution < -0.4 is 39.2 Å². The molecule has 0 spiro atoms. The van der Waals surface area contributed by atoms with E-state index in [1.807, 2.05) is 24.3 Å². The number of allylic oxidation sites excluding steroid dienone is 2. The molecule has 0 heterocycles. The van der Waals surface area contributed by atoms with E-state index in [4.69, 9.17) is 0 Å². The van der Waals surface area contributed by atoms with Crippen LogP contribution in [0.4, 0.5) is 11.4 Å². The predicted molar refractivity (Wildman–Crippen MR) is 190 cm³/mol. The van der Waals surface area contributed by atoms with Gasteiger partial charge in [0.25, 0.3) is 0 Å². The molecule has 0 atom stereocenters. The quantitative estimate of drug-likeness (QED) is 0.0824. The number of ketones is 2. The number of nitrogens with zero attached hydrogens (tertiary/aromatic N) is 2. The molecule has 0 unspecified atom stereocenters. The van der Waals surface area contributed by atoms with Gasteiger partial charge in [-0.05, 0) is 73.8 Å². The van der Waals surface area contributed by atoms with Crippen molar-refractivity contribution in [3.63, 3.8) is 0 Å². The zero-order valence-corrected chi connectivity index (χ0v) is 30.5. The molecule has 0 aromatic heterocycles. The van der Waals surface area contributed by atoms with Crippen molar-refractivity contribution >= 4 is 66.6 Å². The Kier molecular flexibility index (Phi) is 14.1. The molecule has 0 bridgehead atoms. The summed E-state index contributed by atoms with van der Waals surface area (Å²) >= 11 is 0. The zero-order valence-electron chi connectivity index (χ0n) is 27.8. The average Bonchev–Trinajstić information content (AvgIpc) is 3.12. The zero-order chi connectivity index (χ0) is 36.1. The van der Waals surface area contributed by atoms with Crippen molar-refractivity contribution in [3.8, 4) is 11.5 Å². The summed E-state index contributed by atoms with van der Waals surface area (Å²) in [6, 6.07) is 22.0. The molecule has 4 aromatic rings. The van der Waals surface area contributed by atoms with Crippen molar-refractivity contribution in [2.24, 2.45) is 10.2 Å². The summed E-state index contributed by atoms with van der Waals surface area (Å²) in [7, 11) is -4.75. The first-order valence-electron chi connectivity index (χ1n) is 14.7. The average molecular weight is 781 g/mol. The van der Waals surface area contributed by atoms with Crippen LogP contribution in [-0.4, -0.2) is 64.1 Å². The molecule has 2 aliphatic carbocycles. The Morgan fingerprint density at radius 1 is 0.558 bits per heavy atom. The fourth-order valence-corrected chi connectivity index (χ4v) is 6.22. The molecule has 0 saturated heterocycles. The fraction of sp³-hybridized carbons (Fsp3) is 0.0588. The molecule has 1 radical (unpaired) electrons. The third kappa shape index (κ3) is 9.33. The fourth-order valence-electron chi connectivity index (χ4n) is 4.71. The number of phenolic OH excluding ortho intramolecular Hbond substituents is 2. The number of hydrogen-bond donors (Lipinski definition) is 6. The van der Waals surface area contributed by atoms with Crippen LogP contribution in [0.3, 0.4) is 0 Å². The molecule has 14 nitrogen and oxygen atoms in total. The number of phenols is 2. The van der Waals surface area contributed by atoms with E-state index in [1.54, 1.807) is 36.4 Å². The molecule has 0 amide bonds. The monoisotopic (exact) mass is 780 g/mol. The van der Waals surface area contributed by atoms with E-state index in [1.165, 1.54) is 62.6 Å². The Bertz CT molecular complexity index is 2200. The largest absolute Gasteiger partial charge is 1.00 e. The Balaban J connectivity index is 0.000000270. The minimum atomic E-state index is -3.67. The smallest absolute Gasteiger partial charge is 0.506 e. The van der Waals surface area contributed by atoms with Crippen LogP contribution in [0.25, 0.3) is 12.2 Å². The first-order chi connectivity index (χ1) is 23.8. The second kappa shape index (κ2) is 17.6. The Labute approximate surface area is 322 Å². The number of carbonyl (C=O) groups is 2. The number of carbonyl (C=O) groups excluding carboxylic acids is 2. The maximum Gasteiger partial charge on any atom is 1.00 e. The number of hydrogen-bond acceptors (Lipinski definition) is 12. The van der Waals surface area contributed by atoms with Gasteiger partial charge >= 0.3 is 18.9 Å². The van der Waals surface area contributed by atoms with Crippen LogP contribution in [0, 0.1) is 0 Å². The summed E-state index contributed by atoms with van der Waals surface area (Å²) in [5.41, 5.74) is 8.67. The van der Waals surface area contributed by atoms with Gasteiger partial charge in [-0.15, -0.1) is 0 Å². The van der Waals surface area contributed by atoms with Crippen LogP contribution >= 0.6 is 0 Å². The molecule has 265 valence electrons. The number of benzene rings is 4. The minimum absolute atomic E-state index is 0. The van der Waals surface area contributed by atoms with Crippen molar-refractivity contribution in [3.05, 3.63) is 119 Å². The number of sulfonamides is 2. The van der Waals surface area contributed by atoms with Crippen molar-refractivity contribution in [1.29, 1.82) is 0 Å². The van der Waals surface area contributed by atoms with Crippen LogP contribution in [0.5, 0.6) is 11.5 Å². The molecule has 18 heteroatoms. The van der Waals surface area contributed by atoms with Gasteiger partial charge in [0.15, 0.2) is 0 Å². The number of hydrazone groups is 2. The molecule has 52 heavy (non-hydrogen) atoms. The van der Waals surface area contributed by atoms with Crippen LogP contribution in [0.15, 0.2) is 117 Å². The summed E-state index contributed by atoms with van der Waals surface area (Å²) in [6.45, 7) is 0. The SMILES string of the molecule is CNS(=O)(=O)c1ccc(O)c(N/N=C2\C(=O)C=Cc3ccccc32)c1.CNS(=O)(=O)c1ccc(O)c(N/N=C2\C(=O)C=Cc3ccccc32)c1.[Co].[Li+]. The Hall–Kier alpha value is -4.84. The maximum atomic E-state index is 12.1. The van der Waals surface area contributed by atoms with Crippen LogP contribution in [0.1, 0.15) is 22.3 Å². The second-order valence-corrected chi connectivity index (χ2v) is 14.3. The number of aromatic hydroxyl groups is 2. The van der Waals surface area contributed by atoms with E-state index in [0.29, 0.717) is 11.1 Å². The molecular formula is C34H30CoLiN6O8S2+. The van der Waals surface area contributed by atoms with E-state index in [2.05, 4.69) is 30.5 Å². The number of nitrogens with one attached hydrogen (secondary N) is 4. The summed E-state index contributed by atoms with van der Waals surface area (Å²) in [4.78, 5) is 24.1. The van der Waals surface area contributed by atoms with Crippen molar-refractivity contribution in [2.45, 2.75) is 9.79 Å². The standard InChI is InChI=1S/2C17H15N3O4S.Co.Li/c2*1-18-25(23,24)12-7-9-15(21)14(10-12)19-20-17-13-5-3-2-4-11(13)6-8-16(17)22;;/h2*2-10,18-19,21H,1H3;;/q;;;+1/b2*20-17-;;. The van der Waals surface area contributed by atoms with Gasteiger partial charge < -0.3 is 10.2 Å². The van der Waals surface area contributed by atoms with Gasteiger partial charge in [-0.3, -0.25) is 20.4 Å². The minimum Gasteiger partial charge on any atom is -0.506 e. The third-order valence-corrected chi connectivity index (χ3v) is 10.2. The number of anilines is 2. The first-order valence-corrected chi connectivity index (χ1v) is 17.7. The van der Waals surface area contributed by atoms with Gasteiger partial charge in [-0.2, -0.15) is 10.2 Å². The molecule has 0 fully saturated rings. The number of fused-ring (bicyclic) bond motifs is 2. The van der Waals surface area contributed by atoms with Gasteiger partial charge in [-0.1, -0.05) is 60.7 Å². The molecular weight excluding hydrogens is 750 g/mol. The van der Waals surface area contributed by atoms with Gasteiger partial charge in [0.1, 0.15) is 22.9 Å². The molecule has 2 aliphatic rings. The Morgan fingerprint density at radius 2 is 0.923 bits per heavy atom. The molecule has 6 N–H and O–H groups in total. The van der Waals surface area contributed by atoms with E-state index in [9.17, 15) is 36.6 Å². The third-order valence-electron chi connectivity index (χ3n) is 7.40. The van der Waals surface area contributed by atoms with E-state index >= 15 is 0 Å². The van der Waals surface area contributed by atoms with Gasteiger partial charge in [0.2, 0.25) is 31.6 Å². The maximum absolute atomic E-state index is 12.1. The van der Waals surface area contributed by atoms with Gasteiger partial charge in [-0.25, -0.2) is 26.3 Å². The normalized spacial score (nSPS) is 14.7. The van der Waals surface area contributed by atoms with Crippen molar-refractivity contribution in [2.75, 3.05) is 24.9 Å². The topological polar surface area (TPSA) is 216 Å². The van der Waals surface area contributed by atoms with E-state index in [0.717, 1.165) is 11.1 Å². The summed E-state index contributed by atoms with van der Waals surface area (Å²) in [5.74, 6) is -0.952. The Morgan fingerprint density at radius 3 is 1.29 bits per heavy atom. The van der Waals surface area contributed by atoms with Crippen LogP contribution in [-0.2, 0) is 46.4 Å². The van der Waals surface area contributed by atoms with E-state index < -0.39 is 20.0 Å². The molecule has 0 saturated carbocycles. The van der Waals surface area contributed by atoms with Gasteiger partial charge in [0.05, 0.1) is 21.2 Å². The predicted octanol–water partition coefficient (Wildman–Crippen LogP) is 0.426.